The highest BCUT2D eigenvalue weighted by Crippen LogP contribution is 2.38. The van der Waals surface area contributed by atoms with Gasteiger partial charge in [-0.3, -0.25) is 9.59 Å². The Hall–Kier alpha value is -1.40. The summed E-state index contributed by atoms with van der Waals surface area (Å²) in [6.45, 7) is 2.48. The average Bonchev–Trinajstić information content (AvgIpc) is 3.52. The van der Waals surface area contributed by atoms with Gasteiger partial charge in [0.05, 0.1) is 11.3 Å². The number of rotatable bonds is 4. The Morgan fingerprint density at radius 2 is 1.81 bits per heavy atom. The number of nitrogens with zero attached hydrogens (tertiary/aromatic N) is 1. The lowest BCUT2D eigenvalue weighted by molar-refractivity contribution is -0.144. The summed E-state index contributed by atoms with van der Waals surface area (Å²) in [5.41, 5.74) is 0.525. The molecule has 0 bridgehead atoms. The van der Waals surface area contributed by atoms with Crippen molar-refractivity contribution in [3.05, 3.63) is 34.3 Å². The number of benzene rings is 1. The van der Waals surface area contributed by atoms with Crippen molar-refractivity contribution in [2.75, 3.05) is 26.3 Å². The van der Waals surface area contributed by atoms with Crippen molar-refractivity contribution < 1.29 is 14.3 Å². The van der Waals surface area contributed by atoms with Gasteiger partial charge in [0.15, 0.2) is 0 Å². The van der Waals surface area contributed by atoms with E-state index < -0.39 is 5.41 Å². The lowest BCUT2D eigenvalue weighted by Crippen LogP contribution is -2.54. The topological polar surface area (TPSA) is 58.6 Å². The molecule has 1 aliphatic carbocycles. The van der Waals surface area contributed by atoms with Gasteiger partial charge in [-0.15, -0.1) is 0 Å². The van der Waals surface area contributed by atoms with Crippen molar-refractivity contribution in [3.63, 3.8) is 0 Å². The van der Waals surface area contributed by atoms with E-state index in [0.29, 0.717) is 38.6 Å². The summed E-state index contributed by atoms with van der Waals surface area (Å²) in [6.07, 6.45) is 5.34. The number of carbonyl (C=O) groups is 2. The summed E-state index contributed by atoms with van der Waals surface area (Å²) in [5, 5.41) is 3.11. The predicted molar refractivity (Wildman–Crippen MR) is 106 cm³/mol. The van der Waals surface area contributed by atoms with Crippen molar-refractivity contribution in [3.8, 4) is 0 Å². The second-order valence-corrected chi connectivity index (χ2v) is 8.99. The first kappa shape index (κ1) is 18.9. The Kier molecular flexibility index (Phi) is 5.55. The minimum Gasteiger partial charge on any atom is -0.381 e. The number of nitrogens with one attached hydrogen (secondary N) is 1. The molecule has 3 fully saturated rings. The maximum absolute atomic E-state index is 13.7. The molecule has 6 heteroatoms. The number of hydrogen-bond acceptors (Lipinski definition) is 3. The van der Waals surface area contributed by atoms with Crippen LogP contribution in [0, 0.1) is 5.92 Å². The van der Waals surface area contributed by atoms with E-state index in [0.717, 1.165) is 42.3 Å². The largest absolute Gasteiger partial charge is 0.381 e. The van der Waals surface area contributed by atoms with E-state index in [-0.39, 0.29) is 17.7 Å². The minimum absolute atomic E-state index is 0.0786. The van der Waals surface area contributed by atoms with Gasteiger partial charge in [-0.2, -0.15) is 0 Å². The normalized spacial score (nSPS) is 25.1. The van der Waals surface area contributed by atoms with Crippen molar-refractivity contribution in [2.45, 2.75) is 50.0 Å². The van der Waals surface area contributed by atoms with E-state index in [1.54, 1.807) is 0 Å². The molecule has 0 aromatic heterocycles. The Bertz CT molecular complexity index is 696. The summed E-state index contributed by atoms with van der Waals surface area (Å²) < 4.78 is 6.58. The van der Waals surface area contributed by atoms with Crippen LogP contribution in [0.15, 0.2) is 28.7 Å². The number of halogens is 1. The third-order valence-corrected chi connectivity index (χ3v) is 6.68. The van der Waals surface area contributed by atoms with Gasteiger partial charge in [0.1, 0.15) is 0 Å². The van der Waals surface area contributed by atoms with Crippen LogP contribution in [-0.2, 0) is 19.7 Å². The molecule has 0 radical (unpaired) electrons. The van der Waals surface area contributed by atoms with Gasteiger partial charge >= 0.3 is 0 Å². The molecule has 1 unspecified atom stereocenters. The van der Waals surface area contributed by atoms with Crippen LogP contribution in [0.4, 0.5) is 0 Å². The van der Waals surface area contributed by atoms with E-state index >= 15 is 0 Å². The molecule has 2 amide bonds. The summed E-state index contributed by atoms with van der Waals surface area (Å²) >= 11 is 3.48. The quantitative estimate of drug-likeness (QED) is 0.791. The third-order valence-electron chi connectivity index (χ3n) is 6.16. The predicted octanol–water partition coefficient (Wildman–Crippen LogP) is 3.01. The summed E-state index contributed by atoms with van der Waals surface area (Å²) in [5.74, 6) is 0.210. The number of piperidine rings is 1. The van der Waals surface area contributed by atoms with E-state index in [9.17, 15) is 9.59 Å². The molecule has 0 spiro atoms. The van der Waals surface area contributed by atoms with Crippen molar-refractivity contribution >= 4 is 27.7 Å². The Balaban J connectivity index is 1.53. The van der Waals surface area contributed by atoms with Crippen LogP contribution in [0.1, 0.15) is 44.1 Å². The molecular formula is C21H27BrN2O3. The molecule has 2 saturated heterocycles. The van der Waals surface area contributed by atoms with Crippen LogP contribution >= 0.6 is 15.9 Å². The lowest BCUT2D eigenvalue weighted by atomic mass is 9.72. The van der Waals surface area contributed by atoms with Crippen LogP contribution in [-0.4, -0.2) is 49.1 Å². The molecule has 146 valence electrons. The van der Waals surface area contributed by atoms with E-state index in [2.05, 4.69) is 33.4 Å². The maximum Gasteiger partial charge on any atom is 0.233 e. The van der Waals surface area contributed by atoms with Crippen molar-refractivity contribution in [2.24, 2.45) is 5.92 Å². The molecule has 1 N–H and O–H groups in total. The SMILES string of the molecule is O=C(NC1CC1)C1CCCN(C(=O)C2(c3ccc(Br)cc3)CCOCC2)C1. The van der Waals surface area contributed by atoms with Crippen LogP contribution in [0.2, 0.25) is 0 Å². The minimum atomic E-state index is -0.534. The molecule has 2 aliphatic heterocycles. The van der Waals surface area contributed by atoms with E-state index in [4.69, 9.17) is 4.74 Å². The average molecular weight is 435 g/mol. The first-order valence-electron chi connectivity index (χ1n) is 10.0. The second kappa shape index (κ2) is 7.92. The third kappa shape index (κ3) is 4.06. The number of likely N-dealkylation sites (tertiary alicyclic amines) is 1. The molecule has 1 atom stereocenters. The fourth-order valence-corrected chi connectivity index (χ4v) is 4.60. The van der Waals surface area contributed by atoms with Crippen LogP contribution in [0.5, 0.6) is 0 Å². The molecule has 3 aliphatic rings. The highest BCUT2D eigenvalue weighted by atomic mass is 79.9. The van der Waals surface area contributed by atoms with E-state index in [1.807, 2.05) is 17.0 Å². The van der Waals surface area contributed by atoms with Crippen LogP contribution in [0.3, 0.4) is 0 Å². The highest BCUT2D eigenvalue weighted by molar-refractivity contribution is 9.10. The fraction of sp³-hybridized carbons (Fsp3) is 0.619. The van der Waals surface area contributed by atoms with Gasteiger partial charge in [0.2, 0.25) is 11.8 Å². The fourth-order valence-electron chi connectivity index (χ4n) is 4.34. The first-order valence-corrected chi connectivity index (χ1v) is 10.8. The number of amides is 2. The van der Waals surface area contributed by atoms with Crippen LogP contribution in [0.25, 0.3) is 0 Å². The van der Waals surface area contributed by atoms with E-state index in [1.165, 1.54) is 0 Å². The summed E-state index contributed by atoms with van der Waals surface area (Å²) in [6, 6.07) is 8.47. The molecular weight excluding hydrogens is 408 g/mol. The number of ether oxygens (including phenoxy) is 1. The van der Waals surface area contributed by atoms with Crippen LogP contribution < -0.4 is 5.32 Å². The summed E-state index contributed by atoms with van der Waals surface area (Å²) in [4.78, 5) is 28.1. The number of hydrogen-bond donors (Lipinski definition) is 1. The number of carbonyl (C=O) groups excluding carboxylic acids is 2. The maximum atomic E-state index is 13.7. The molecule has 1 aromatic rings. The molecule has 5 nitrogen and oxygen atoms in total. The smallest absolute Gasteiger partial charge is 0.233 e. The standard InChI is InChI=1S/C21H27BrN2O3/c22-17-5-3-16(4-6-17)21(9-12-27-13-10-21)20(26)24-11-1-2-15(14-24)19(25)23-18-7-8-18/h3-6,15,18H,1-2,7-14H2,(H,23,25). The molecule has 2 heterocycles. The Morgan fingerprint density at radius 3 is 2.48 bits per heavy atom. The summed E-state index contributed by atoms with van der Waals surface area (Å²) in [7, 11) is 0. The Morgan fingerprint density at radius 1 is 1.11 bits per heavy atom. The van der Waals surface area contributed by atoms with Gasteiger partial charge in [-0.25, -0.2) is 0 Å². The zero-order valence-corrected chi connectivity index (χ0v) is 17.2. The second-order valence-electron chi connectivity index (χ2n) is 8.07. The molecule has 4 rings (SSSR count). The van der Waals surface area contributed by atoms with Crippen molar-refractivity contribution in [1.82, 2.24) is 10.2 Å². The van der Waals surface area contributed by atoms with Crippen molar-refractivity contribution in [1.29, 1.82) is 0 Å². The zero-order chi connectivity index (χ0) is 18.9. The Labute approximate surface area is 169 Å². The molecule has 27 heavy (non-hydrogen) atoms. The van der Waals surface area contributed by atoms with Gasteiger partial charge in [-0.05, 0) is 56.2 Å². The molecule has 1 aromatic carbocycles. The van der Waals surface area contributed by atoms with Gasteiger partial charge < -0.3 is 15.0 Å². The molecule has 1 saturated carbocycles. The lowest BCUT2D eigenvalue weighted by Gasteiger charge is -2.42. The van der Waals surface area contributed by atoms with Gasteiger partial charge in [-0.1, -0.05) is 28.1 Å². The van der Waals surface area contributed by atoms with Gasteiger partial charge in [0, 0.05) is 36.8 Å². The zero-order valence-electron chi connectivity index (χ0n) is 15.6. The highest BCUT2D eigenvalue weighted by Gasteiger charge is 2.45. The van der Waals surface area contributed by atoms with Gasteiger partial charge in [0.25, 0.3) is 0 Å². The monoisotopic (exact) mass is 434 g/mol. The first-order chi connectivity index (χ1) is 13.1.